The third-order valence-corrected chi connectivity index (χ3v) is 3.36. The number of pyridine rings is 1. The molecule has 0 aliphatic heterocycles. The average molecular weight is 277 g/mol. The molecule has 2 aromatic rings. The summed E-state index contributed by atoms with van der Waals surface area (Å²) >= 11 is 1.40. The fourth-order valence-corrected chi connectivity index (χ4v) is 2.13. The summed E-state index contributed by atoms with van der Waals surface area (Å²) in [5, 5.41) is 15.1. The third-order valence-electron chi connectivity index (χ3n) is 2.38. The van der Waals surface area contributed by atoms with Gasteiger partial charge in [0.15, 0.2) is 0 Å². The van der Waals surface area contributed by atoms with E-state index in [4.69, 9.17) is 0 Å². The van der Waals surface area contributed by atoms with Crippen LogP contribution in [-0.2, 0) is 17.8 Å². The van der Waals surface area contributed by atoms with E-state index in [9.17, 15) is 4.79 Å². The largest absolute Gasteiger partial charge is 0.304 e. The average Bonchev–Trinajstić information content (AvgIpc) is 2.87. The maximum Gasteiger partial charge on any atom is 0.240 e. The second-order valence-corrected chi connectivity index (χ2v) is 4.92. The molecule has 2 aromatic heterocycles. The van der Waals surface area contributed by atoms with Gasteiger partial charge in [-0.05, 0) is 24.1 Å². The van der Waals surface area contributed by atoms with Crippen LogP contribution < -0.4 is 10.6 Å². The Labute approximate surface area is 115 Å². The highest BCUT2D eigenvalue weighted by Gasteiger charge is 2.06. The van der Waals surface area contributed by atoms with Gasteiger partial charge in [0.1, 0.15) is 5.01 Å². The molecular weight excluding hydrogens is 262 g/mol. The molecule has 0 saturated heterocycles. The van der Waals surface area contributed by atoms with E-state index in [1.807, 2.05) is 19.1 Å². The molecule has 7 heteroatoms. The van der Waals surface area contributed by atoms with Crippen molar-refractivity contribution in [2.45, 2.75) is 19.9 Å². The second-order valence-electron chi connectivity index (χ2n) is 3.86. The van der Waals surface area contributed by atoms with Crippen LogP contribution in [0.1, 0.15) is 17.5 Å². The van der Waals surface area contributed by atoms with Crippen molar-refractivity contribution < 1.29 is 4.79 Å². The number of nitrogens with zero attached hydrogens (tertiary/aromatic N) is 3. The molecule has 0 spiro atoms. The molecule has 0 bridgehead atoms. The van der Waals surface area contributed by atoms with Crippen LogP contribution in [0.3, 0.4) is 0 Å². The summed E-state index contributed by atoms with van der Waals surface area (Å²) in [5.74, 6) is -0.118. The number of anilines is 1. The maximum absolute atomic E-state index is 11.7. The molecule has 0 aromatic carbocycles. The first kappa shape index (κ1) is 13.6. The molecule has 0 radical (unpaired) electrons. The first-order valence-electron chi connectivity index (χ1n) is 5.99. The summed E-state index contributed by atoms with van der Waals surface area (Å²) in [4.78, 5) is 15.6. The number of carbonyl (C=O) groups excluding carboxylic acids is 1. The maximum atomic E-state index is 11.7. The molecule has 2 rings (SSSR count). The Kier molecular flexibility index (Phi) is 4.93. The lowest BCUT2D eigenvalue weighted by Gasteiger charge is -2.04. The molecule has 0 fully saturated rings. The van der Waals surface area contributed by atoms with Crippen LogP contribution in [0.5, 0.6) is 0 Å². The van der Waals surface area contributed by atoms with Crippen molar-refractivity contribution in [2.24, 2.45) is 0 Å². The molecule has 0 unspecified atom stereocenters. The van der Waals surface area contributed by atoms with Crippen LogP contribution in [0.15, 0.2) is 24.5 Å². The second kappa shape index (κ2) is 6.91. The molecule has 0 aliphatic rings. The highest BCUT2D eigenvalue weighted by molar-refractivity contribution is 7.15. The van der Waals surface area contributed by atoms with Gasteiger partial charge < -0.3 is 5.32 Å². The van der Waals surface area contributed by atoms with Gasteiger partial charge in [0.25, 0.3) is 0 Å². The topological polar surface area (TPSA) is 79.8 Å². The molecule has 19 heavy (non-hydrogen) atoms. The minimum atomic E-state index is -0.118. The number of aromatic nitrogens is 3. The van der Waals surface area contributed by atoms with Crippen molar-refractivity contribution in [2.75, 3.05) is 11.9 Å². The Hall–Kier alpha value is -1.86. The van der Waals surface area contributed by atoms with E-state index in [1.165, 1.54) is 11.3 Å². The highest BCUT2D eigenvalue weighted by atomic mass is 32.1. The van der Waals surface area contributed by atoms with Crippen molar-refractivity contribution in [3.8, 4) is 0 Å². The first-order valence-corrected chi connectivity index (χ1v) is 6.81. The number of carbonyl (C=O) groups is 1. The summed E-state index contributed by atoms with van der Waals surface area (Å²) in [7, 11) is 0. The van der Waals surface area contributed by atoms with Crippen molar-refractivity contribution >= 4 is 22.4 Å². The van der Waals surface area contributed by atoms with Crippen molar-refractivity contribution in [1.82, 2.24) is 20.5 Å². The van der Waals surface area contributed by atoms with Crippen LogP contribution in [0.4, 0.5) is 5.13 Å². The Bertz CT molecular complexity index is 528. The first-order chi connectivity index (χ1) is 9.28. The number of aryl methyl sites for hydroxylation is 1. The zero-order valence-corrected chi connectivity index (χ0v) is 11.4. The predicted molar refractivity (Wildman–Crippen MR) is 73.9 cm³/mol. The van der Waals surface area contributed by atoms with E-state index in [1.54, 1.807) is 12.4 Å². The zero-order valence-electron chi connectivity index (χ0n) is 10.6. The van der Waals surface area contributed by atoms with E-state index in [0.29, 0.717) is 11.7 Å². The Balaban J connectivity index is 1.73. The molecule has 0 aliphatic carbocycles. The van der Waals surface area contributed by atoms with Gasteiger partial charge in [-0.15, -0.1) is 10.2 Å². The van der Waals surface area contributed by atoms with Crippen molar-refractivity contribution in [1.29, 1.82) is 0 Å². The lowest BCUT2D eigenvalue weighted by Crippen LogP contribution is -2.27. The van der Waals surface area contributed by atoms with Crippen molar-refractivity contribution in [3.05, 3.63) is 35.1 Å². The van der Waals surface area contributed by atoms with Gasteiger partial charge >= 0.3 is 0 Å². The molecule has 0 atom stereocenters. The Morgan fingerprint density at radius 1 is 1.32 bits per heavy atom. The van der Waals surface area contributed by atoms with Crippen LogP contribution in [-0.4, -0.2) is 27.6 Å². The van der Waals surface area contributed by atoms with E-state index in [-0.39, 0.29) is 12.5 Å². The predicted octanol–water partition coefficient (Wildman–Crippen LogP) is 1.22. The van der Waals surface area contributed by atoms with Crippen LogP contribution in [0.2, 0.25) is 0 Å². The minimum Gasteiger partial charge on any atom is -0.304 e. The molecule has 2 heterocycles. The number of amides is 1. The fourth-order valence-electron chi connectivity index (χ4n) is 1.43. The van der Waals surface area contributed by atoms with E-state index in [0.717, 1.165) is 17.0 Å². The number of rotatable bonds is 6. The standard InChI is InChI=1S/C12H15N5OS/c1-2-11-16-17-12(19-11)15-10(18)8-14-7-9-3-5-13-6-4-9/h3-6,14H,2,7-8H2,1H3,(H,15,17,18). The zero-order chi connectivity index (χ0) is 13.5. The monoisotopic (exact) mass is 277 g/mol. The summed E-state index contributed by atoms with van der Waals surface area (Å²) in [6.07, 6.45) is 4.28. The van der Waals surface area contributed by atoms with Gasteiger partial charge in [-0.25, -0.2) is 0 Å². The lowest BCUT2D eigenvalue weighted by atomic mass is 10.3. The van der Waals surface area contributed by atoms with Gasteiger partial charge in [0.2, 0.25) is 11.0 Å². The number of nitrogens with one attached hydrogen (secondary N) is 2. The van der Waals surface area contributed by atoms with Gasteiger partial charge in [0, 0.05) is 18.9 Å². The Morgan fingerprint density at radius 2 is 2.11 bits per heavy atom. The Morgan fingerprint density at radius 3 is 2.79 bits per heavy atom. The quantitative estimate of drug-likeness (QED) is 0.830. The SMILES string of the molecule is CCc1nnc(NC(=O)CNCc2ccncc2)s1. The fraction of sp³-hybridized carbons (Fsp3) is 0.333. The van der Waals surface area contributed by atoms with E-state index in [2.05, 4.69) is 25.8 Å². The van der Waals surface area contributed by atoms with E-state index < -0.39 is 0 Å². The molecule has 0 saturated carbocycles. The molecule has 6 nitrogen and oxygen atoms in total. The number of hydrogen-bond acceptors (Lipinski definition) is 6. The van der Waals surface area contributed by atoms with Crippen LogP contribution in [0.25, 0.3) is 0 Å². The van der Waals surface area contributed by atoms with Crippen LogP contribution in [0, 0.1) is 0 Å². The summed E-state index contributed by atoms with van der Waals surface area (Å²) < 4.78 is 0. The molecule has 100 valence electrons. The number of hydrogen-bond donors (Lipinski definition) is 2. The van der Waals surface area contributed by atoms with Gasteiger partial charge in [-0.3, -0.25) is 15.1 Å². The smallest absolute Gasteiger partial charge is 0.240 e. The van der Waals surface area contributed by atoms with Gasteiger partial charge in [0.05, 0.1) is 6.54 Å². The minimum absolute atomic E-state index is 0.118. The van der Waals surface area contributed by atoms with Gasteiger partial charge in [-0.2, -0.15) is 0 Å². The summed E-state index contributed by atoms with van der Waals surface area (Å²) in [6, 6.07) is 3.81. The summed E-state index contributed by atoms with van der Waals surface area (Å²) in [5.41, 5.74) is 1.09. The summed E-state index contributed by atoms with van der Waals surface area (Å²) in [6.45, 7) is 2.87. The molecular formula is C12H15N5OS. The normalized spacial score (nSPS) is 10.4. The highest BCUT2D eigenvalue weighted by Crippen LogP contribution is 2.14. The molecule has 1 amide bonds. The van der Waals surface area contributed by atoms with Gasteiger partial charge in [-0.1, -0.05) is 18.3 Å². The van der Waals surface area contributed by atoms with E-state index >= 15 is 0 Å². The molecule has 2 N–H and O–H groups in total. The van der Waals surface area contributed by atoms with Crippen LogP contribution >= 0.6 is 11.3 Å². The third kappa shape index (κ3) is 4.38. The van der Waals surface area contributed by atoms with Crippen molar-refractivity contribution in [3.63, 3.8) is 0 Å². The lowest BCUT2D eigenvalue weighted by molar-refractivity contribution is -0.115.